The number of hydrogen-bond acceptors (Lipinski definition) is 4. The lowest BCUT2D eigenvalue weighted by atomic mass is 10.1. The molecule has 0 saturated heterocycles. The van der Waals surface area contributed by atoms with Crippen LogP contribution in [0, 0.1) is 11.3 Å². The Bertz CT molecular complexity index is 888. The van der Waals surface area contributed by atoms with Gasteiger partial charge in [-0.3, -0.25) is 4.79 Å². The number of nitrogens with one attached hydrogen (secondary N) is 1. The summed E-state index contributed by atoms with van der Waals surface area (Å²) in [5, 5.41) is 12.4. The third-order valence-electron chi connectivity index (χ3n) is 3.99. The highest BCUT2D eigenvalue weighted by Gasteiger charge is 2.12. The van der Waals surface area contributed by atoms with Gasteiger partial charge in [0.05, 0.1) is 24.4 Å². The molecule has 1 N–H and O–H groups in total. The van der Waals surface area contributed by atoms with Gasteiger partial charge >= 0.3 is 0 Å². The fourth-order valence-electron chi connectivity index (χ4n) is 2.49. The molecule has 0 fully saturated rings. The molecule has 0 aliphatic heterocycles. The lowest BCUT2D eigenvalue weighted by Crippen LogP contribution is -2.13. The Kier molecular flexibility index (Phi) is 8.38. The number of unbranched alkanes of at least 4 members (excludes halogenated alkanes) is 2. The molecule has 28 heavy (non-hydrogen) atoms. The molecular weight excluding hydrogens is 376 g/mol. The highest BCUT2D eigenvalue weighted by molar-refractivity contribution is 6.34. The van der Waals surface area contributed by atoms with Crippen molar-refractivity contribution in [1.82, 2.24) is 0 Å². The van der Waals surface area contributed by atoms with Crippen LogP contribution in [0.4, 0.5) is 5.69 Å². The maximum absolute atomic E-state index is 12.4. The number of anilines is 1. The van der Waals surface area contributed by atoms with E-state index in [1.54, 1.807) is 49.6 Å². The lowest BCUT2D eigenvalue weighted by Gasteiger charge is -2.11. The van der Waals surface area contributed by atoms with Crippen LogP contribution >= 0.6 is 11.6 Å². The Hall–Kier alpha value is -2.97. The van der Waals surface area contributed by atoms with Crippen LogP contribution in [-0.2, 0) is 4.79 Å². The van der Waals surface area contributed by atoms with Crippen LogP contribution in [0.25, 0.3) is 6.08 Å². The first-order valence-corrected chi connectivity index (χ1v) is 9.45. The number of halogens is 1. The Morgan fingerprint density at radius 1 is 1.21 bits per heavy atom. The van der Waals surface area contributed by atoms with Gasteiger partial charge in [-0.25, -0.2) is 0 Å². The van der Waals surface area contributed by atoms with Gasteiger partial charge in [-0.2, -0.15) is 5.26 Å². The van der Waals surface area contributed by atoms with Gasteiger partial charge < -0.3 is 14.8 Å². The van der Waals surface area contributed by atoms with Gasteiger partial charge in [-0.1, -0.05) is 49.6 Å². The molecule has 0 radical (unpaired) electrons. The van der Waals surface area contributed by atoms with Gasteiger partial charge in [-0.15, -0.1) is 0 Å². The predicted molar refractivity (Wildman–Crippen MR) is 112 cm³/mol. The van der Waals surface area contributed by atoms with Crippen molar-refractivity contribution in [2.45, 2.75) is 26.2 Å². The summed E-state index contributed by atoms with van der Waals surface area (Å²) in [4.78, 5) is 12.4. The number of carbonyl (C=O) groups excluding carboxylic acids is 1. The standard InChI is InChI=1S/C22H23ClN2O3/c1-3-4-7-12-28-20-11-10-16(14-21(20)27-2)13-17(15-24)22(26)25-19-9-6-5-8-18(19)23/h5-6,8-11,13-14H,3-4,7,12H2,1-2H3,(H,25,26)/b17-13+. The molecule has 0 saturated carbocycles. The number of carbonyl (C=O) groups is 1. The minimum Gasteiger partial charge on any atom is -0.493 e. The zero-order chi connectivity index (χ0) is 20.4. The summed E-state index contributed by atoms with van der Waals surface area (Å²) in [6, 6.07) is 14.1. The summed E-state index contributed by atoms with van der Waals surface area (Å²) in [5.74, 6) is 0.651. The van der Waals surface area contributed by atoms with E-state index in [9.17, 15) is 10.1 Å². The van der Waals surface area contributed by atoms with Crippen molar-refractivity contribution in [3.05, 3.63) is 58.6 Å². The summed E-state index contributed by atoms with van der Waals surface area (Å²) in [6.45, 7) is 2.75. The van der Waals surface area contributed by atoms with Gasteiger partial charge in [0.15, 0.2) is 11.5 Å². The Morgan fingerprint density at radius 2 is 2.00 bits per heavy atom. The van der Waals surface area contributed by atoms with Crippen molar-refractivity contribution in [3.8, 4) is 17.6 Å². The molecule has 0 heterocycles. The Morgan fingerprint density at radius 3 is 2.68 bits per heavy atom. The molecule has 146 valence electrons. The van der Waals surface area contributed by atoms with Gasteiger partial charge in [0.25, 0.3) is 5.91 Å². The zero-order valence-electron chi connectivity index (χ0n) is 16.0. The van der Waals surface area contributed by atoms with Gasteiger partial charge in [-0.05, 0) is 42.3 Å². The minimum absolute atomic E-state index is 0.0430. The average molecular weight is 399 g/mol. The monoisotopic (exact) mass is 398 g/mol. The van der Waals surface area contributed by atoms with Gasteiger partial charge in [0, 0.05) is 0 Å². The number of ether oxygens (including phenoxy) is 2. The molecule has 2 aromatic rings. The molecule has 0 atom stereocenters. The molecule has 0 bridgehead atoms. The second kappa shape index (κ2) is 11.0. The number of hydrogen-bond donors (Lipinski definition) is 1. The molecular formula is C22H23ClN2O3. The largest absolute Gasteiger partial charge is 0.493 e. The normalized spacial score (nSPS) is 10.9. The van der Waals surface area contributed by atoms with E-state index in [-0.39, 0.29) is 5.57 Å². The van der Waals surface area contributed by atoms with Crippen LogP contribution in [0.15, 0.2) is 48.0 Å². The van der Waals surface area contributed by atoms with E-state index < -0.39 is 5.91 Å². The second-order valence-corrected chi connectivity index (χ2v) is 6.48. The maximum atomic E-state index is 12.4. The first-order chi connectivity index (χ1) is 13.6. The minimum atomic E-state index is -0.533. The van der Waals surface area contributed by atoms with Gasteiger partial charge in [0.2, 0.25) is 0 Å². The van der Waals surface area contributed by atoms with Crippen LogP contribution < -0.4 is 14.8 Å². The zero-order valence-corrected chi connectivity index (χ0v) is 16.8. The molecule has 0 spiro atoms. The van der Waals surface area contributed by atoms with Crippen molar-refractivity contribution in [3.63, 3.8) is 0 Å². The van der Waals surface area contributed by atoms with E-state index in [0.717, 1.165) is 19.3 Å². The Labute approximate surface area is 170 Å². The maximum Gasteiger partial charge on any atom is 0.266 e. The third kappa shape index (κ3) is 6.04. The predicted octanol–water partition coefficient (Wildman–Crippen LogP) is 5.46. The van der Waals surface area contributed by atoms with E-state index in [0.29, 0.717) is 34.4 Å². The van der Waals surface area contributed by atoms with Gasteiger partial charge in [0.1, 0.15) is 11.6 Å². The highest BCUT2D eigenvalue weighted by Crippen LogP contribution is 2.29. The average Bonchev–Trinajstić information content (AvgIpc) is 2.71. The molecule has 2 aromatic carbocycles. The van der Waals surface area contributed by atoms with Crippen molar-refractivity contribution < 1.29 is 14.3 Å². The summed E-state index contributed by atoms with van der Waals surface area (Å²) in [6.07, 6.45) is 4.70. The molecule has 0 aliphatic carbocycles. The fourth-order valence-corrected chi connectivity index (χ4v) is 2.68. The summed E-state index contributed by atoms with van der Waals surface area (Å²) < 4.78 is 11.1. The molecule has 2 rings (SSSR count). The molecule has 1 amide bonds. The number of benzene rings is 2. The van der Waals surface area contributed by atoms with Crippen LogP contribution in [0.3, 0.4) is 0 Å². The topological polar surface area (TPSA) is 71.3 Å². The van der Waals surface area contributed by atoms with E-state index >= 15 is 0 Å². The van der Waals surface area contributed by atoms with Crippen molar-refractivity contribution in [2.75, 3.05) is 19.0 Å². The van der Waals surface area contributed by atoms with Crippen LogP contribution in [0.2, 0.25) is 5.02 Å². The SMILES string of the molecule is CCCCCOc1ccc(/C=C(\C#N)C(=O)Nc2ccccc2Cl)cc1OC. The highest BCUT2D eigenvalue weighted by atomic mass is 35.5. The molecule has 6 heteroatoms. The number of rotatable bonds is 9. The third-order valence-corrected chi connectivity index (χ3v) is 4.32. The number of amides is 1. The summed E-state index contributed by atoms with van der Waals surface area (Å²) in [7, 11) is 1.55. The van der Waals surface area contributed by atoms with E-state index in [4.69, 9.17) is 21.1 Å². The number of para-hydroxylation sites is 1. The van der Waals surface area contributed by atoms with Crippen LogP contribution in [0.5, 0.6) is 11.5 Å². The molecule has 5 nitrogen and oxygen atoms in total. The number of nitriles is 1. The fraction of sp³-hybridized carbons (Fsp3) is 0.273. The number of methoxy groups -OCH3 is 1. The first kappa shape index (κ1) is 21.3. The van der Waals surface area contributed by atoms with Crippen molar-refractivity contribution in [1.29, 1.82) is 5.26 Å². The first-order valence-electron chi connectivity index (χ1n) is 9.07. The molecule has 0 unspecified atom stereocenters. The van der Waals surface area contributed by atoms with E-state index in [2.05, 4.69) is 12.2 Å². The van der Waals surface area contributed by atoms with E-state index in [1.807, 2.05) is 6.07 Å². The lowest BCUT2D eigenvalue weighted by molar-refractivity contribution is -0.112. The van der Waals surface area contributed by atoms with E-state index in [1.165, 1.54) is 6.08 Å². The van der Waals surface area contributed by atoms with Crippen molar-refractivity contribution >= 4 is 29.3 Å². The van der Waals surface area contributed by atoms with Crippen LogP contribution in [-0.4, -0.2) is 19.6 Å². The molecule has 0 aliphatic rings. The van der Waals surface area contributed by atoms with Crippen LogP contribution in [0.1, 0.15) is 31.7 Å². The smallest absolute Gasteiger partial charge is 0.266 e. The summed E-state index contributed by atoms with van der Waals surface area (Å²) in [5.41, 5.74) is 1.06. The second-order valence-electron chi connectivity index (χ2n) is 6.07. The molecule has 0 aromatic heterocycles. The summed E-state index contributed by atoms with van der Waals surface area (Å²) >= 11 is 6.05. The number of nitrogens with zero attached hydrogens (tertiary/aromatic N) is 1. The Balaban J connectivity index is 2.15. The van der Waals surface area contributed by atoms with Crippen molar-refractivity contribution in [2.24, 2.45) is 0 Å². The quantitative estimate of drug-likeness (QED) is 0.345.